The number of pyridine rings is 1. The quantitative estimate of drug-likeness (QED) is 0.412. The topological polar surface area (TPSA) is 46.2 Å². The summed E-state index contributed by atoms with van der Waals surface area (Å²) in [6, 6.07) is 29.3. The zero-order chi connectivity index (χ0) is 20.8. The van der Waals surface area contributed by atoms with E-state index >= 15 is 0 Å². The molecule has 1 heterocycles. The van der Waals surface area contributed by atoms with E-state index in [2.05, 4.69) is 77.4 Å². The van der Waals surface area contributed by atoms with E-state index in [9.17, 15) is 0 Å². The number of fused-ring (bicyclic) bond motifs is 1. The summed E-state index contributed by atoms with van der Waals surface area (Å²) in [6.07, 6.45) is 0. The van der Waals surface area contributed by atoms with Crippen molar-refractivity contribution < 1.29 is 4.74 Å². The molecule has 4 nitrogen and oxygen atoms in total. The zero-order valence-corrected chi connectivity index (χ0v) is 17.4. The van der Waals surface area contributed by atoms with Crippen LogP contribution >= 0.6 is 0 Å². The van der Waals surface area contributed by atoms with Gasteiger partial charge < -0.3 is 15.4 Å². The molecule has 30 heavy (non-hydrogen) atoms. The van der Waals surface area contributed by atoms with Gasteiger partial charge in [-0.1, -0.05) is 72.8 Å². The molecule has 0 aliphatic carbocycles. The van der Waals surface area contributed by atoms with Gasteiger partial charge in [-0.15, -0.1) is 0 Å². The van der Waals surface area contributed by atoms with Crippen LogP contribution in [-0.4, -0.2) is 18.6 Å². The maximum atomic E-state index is 5.54. The van der Waals surface area contributed by atoms with Gasteiger partial charge in [-0.05, 0) is 30.2 Å². The molecule has 0 spiro atoms. The second-order valence-corrected chi connectivity index (χ2v) is 7.39. The van der Waals surface area contributed by atoms with E-state index in [1.54, 1.807) is 7.11 Å². The molecule has 4 rings (SSSR count). The third-order valence-electron chi connectivity index (χ3n) is 5.20. The van der Waals surface area contributed by atoms with Crippen LogP contribution in [0.2, 0.25) is 0 Å². The molecule has 0 bridgehead atoms. The Kier molecular flexibility index (Phi) is 6.26. The first kappa shape index (κ1) is 19.9. The van der Waals surface area contributed by atoms with Crippen molar-refractivity contribution in [2.45, 2.75) is 19.5 Å². The number of benzene rings is 3. The molecular formula is C26H27N3O. The van der Waals surface area contributed by atoms with Gasteiger partial charge in [-0.2, -0.15) is 0 Å². The van der Waals surface area contributed by atoms with E-state index in [1.807, 2.05) is 25.1 Å². The Bertz CT molecular complexity index is 1100. The van der Waals surface area contributed by atoms with Crippen LogP contribution in [0.3, 0.4) is 0 Å². The lowest BCUT2D eigenvalue weighted by Crippen LogP contribution is -2.26. The maximum Gasteiger partial charge on any atom is 0.145 e. The minimum Gasteiger partial charge on any atom is -0.494 e. The molecule has 4 aromatic rings. The standard InChI is InChI=1S/C26H27N3O/c1-19-16-23(22-14-9-15-25(30-2)26(22)28-19)29-24(21-12-7-4-8-13-21)18-27-17-20-10-5-3-6-11-20/h3-16,24,27H,17-18H2,1-2H3,(H,28,29). The van der Waals surface area contributed by atoms with Gasteiger partial charge in [0.25, 0.3) is 0 Å². The minimum atomic E-state index is 0.117. The normalized spacial score (nSPS) is 11.9. The fraction of sp³-hybridized carbons (Fsp3) is 0.192. The molecule has 1 atom stereocenters. The highest BCUT2D eigenvalue weighted by atomic mass is 16.5. The van der Waals surface area contributed by atoms with E-state index < -0.39 is 0 Å². The van der Waals surface area contributed by atoms with E-state index in [1.165, 1.54) is 11.1 Å². The van der Waals surface area contributed by atoms with Gasteiger partial charge in [-0.3, -0.25) is 0 Å². The summed E-state index contributed by atoms with van der Waals surface area (Å²) in [7, 11) is 1.69. The zero-order valence-electron chi connectivity index (χ0n) is 17.4. The number of aryl methyl sites for hydroxylation is 1. The van der Waals surface area contributed by atoms with E-state index in [4.69, 9.17) is 9.72 Å². The largest absolute Gasteiger partial charge is 0.494 e. The highest BCUT2D eigenvalue weighted by molar-refractivity contribution is 5.95. The molecule has 0 saturated heterocycles. The molecule has 152 valence electrons. The number of nitrogens with one attached hydrogen (secondary N) is 2. The smallest absolute Gasteiger partial charge is 0.145 e. The van der Waals surface area contributed by atoms with Gasteiger partial charge in [0.1, 0.15) is 11.3 Å². The number of para-hydroxylation sites is 1. The van der Waals surface area contributed by atoms with Crippen molar-refractivity contribution >= 4 is 16.6 Å². The van der Waals surface area contributed by atoms with Crippen LogP contribution in [0, 0.1) is 6.92 Å². The Morgan fingerprint density at radius 1 is 0.900 bits per heavy atom. The highest BCUT2D eigenvalue weighted by Gasteiger charge is 2.15. The highest BCUT2D eigenvalue weighted by Crippen LogP contribution is 2.32. The molecule has 0 saturated carbocycles. The first-order chi connectivity index (χ1) is 14.7. The summed E-state index contributed by atoms with van der Waals surface area (Å²) in [4.78, 5) is 4.71. The lowest BCUT2D eigenvalue weighted by atomic mass is 10.0. The van der Waals surface area contributed by atoms with Gasteiger partial charge in [0.2, 0.25) is 0 Å². The van der Waals surface area contributed by atoms with Crippen molar-refractivity contribution in [3.05, 3.63) is 102 Å². The molecule has 4 heteroatoms. The fourth-order valence-electron chi connectivity index (χ4n) is 3.72. The molecule has 1 unspecified atom stereocenters. The fourth-order valence-corrected chi connectivity index (χ4v) is 3.72. The summed E-state index contributed by atoms with van der Waals surface area (Å²) >= 11 is 0. The van der Waals surface area contributed by atoms with Crippen molar-refractivity contribution in [3.8, 4) is 5.75 Å². The first-order valence-electron chi connectivity index (χ1n) is 10.2. The van der Waals surface area contributed by atoms with Gasteiger partial charge in [0.05, 0.1) is 13.2 Å². The molecule has 0 radical (unpaired) electrons. The number of hydrogen-bond acceptors (Lipinski definition) is 4. The van der Waals surface area contributed by atoms with Crippen molar-refractivity contribution in [2.75, 3.05) is 19.0 Å². The number of anilines is 1. The van der Waals surface area contributed by atoms with Crippen LogP contribution < -0.4 is 15.4 Å². The third kappa shape index (κ3) is 4.61. The number of rotatable bonds is 8. The molecule has 1 aromatic heterocycles. The van der Waals surface area contributed by atoms with Crippen LogP contribution in [0.5, 0.6) is 5.75 Å². The predicted molar refractivity (Wildman–Crippen MR) is 124 cm³/mol. The molecule has 3 aromatic carbocycles. The number of hydrogen-bond donors (Lipinski definition) is 2. The minimum absolute atomic E-state index is 0.117. The van der Waals surface area contributed by atoms with Crippen molar-refractivity contribution in [1.29, 1.82) is 0 Å². The summed E-state index contributed by atoms with van der Waals surface area (Å²) < 4.78 is 5.54. The predicted octanol–water partition coefficient (Wildman–Crippen LogP) is 5.49. The van der Waals surface area contributed by atoms with E-state index in [0.29, 0.717) is 0 Å². The number of ether oxygens (including phenoxy) is 1. The first-order valence-corrected chi connectivity index (χ1v) is 10.2. The van der Waals surface area contributed by atoms with Crippen LogP contribution in [-0.2, 0) is 6.54 Å². The van der Waals surface area contributed by atoms with Crippen molar-refractivity contribution in [1.82, 2.24) is 10.3 Å². The Morgan fingerprint density at radius 3 is 2.37 bits per heavy atom. The third-order valence-corrected chi connectivity index (χ3v) is 5.20. The Hall–Kier alpha value is -3.37. The summed E-state index contributed by atoms with van der Waals surface area (Å²) in [6.45, 7) is 3.64. The maximum absolute atomic E-state index is 5.54. The van der Waals surface area contributed by atoms with Crippen LogP contribution in [0.15, 0.2) is 84.9 Å². The number of aromatic nitrogens is 1. The average molecular weight is 398 g/mol. The van der Waals surface area contributed by atoms with Gasteiger partial charge in [0.15, 0.2) is 0 Å². The van der Waals surface area contributed by atoms with E-state index in [0.717, 1.165) is 41.1 Å². The Morgan fingerprint density at radius 2 is 1.63 bits per heavy atom. The lowest BCUT2D eigenvalue weighted by molar-refractivity contribution is 0.419. The van der Waals surface area contributed by atoms with Crippen molar-refractivity contribution in [3.63, 3.8) is 0 Å². The molecule has 0 amide bonds. The summed E-state index contributed by atoms with van der Waals surface area (Å²) in [5, 5.41) is 8.42. The van der Waals surface area contributed by atoms with Crippen molar-refractivity contribution in [2.24, 2.45) is 0 Å². The molecule has 0 aliphatic heterocycles. The lowest BCUT2D eigenvalue weighted by Gasteiger charge is -2.23. The van der Waals surface area contributed by atoms with Crippen LogP contribution in [0.1, 0.15) is 22.9 Å². The second kappa shape index (κ2) is 9.42. The SMILES string of the molecule is COc1cccc2c(NC(CNCc3ccccc3)c3ccccc3)cc(C)nc12. The Balaban J connectivity index is 1.62. The van der Waals surface area contributed by atoms with Gasteiger partial charge in [-0.25, -0.2) is 4.98 Å². The second-order valence-electron chi connectivity index (χ2n) is 7.39. The van der Waals surface area contributed by atoms with Gasteiger partial charge in [0, 0.05) is 29.9 Å². The Labute approximate surface area is 177 Å². The monoisotopic (exact) mass is 397 g/mol. The average Bonchev–Trinajstić information content (AvgIpc) is 2.79. The van der Waals surface area contributed by atoms with Crippen LogP contribution in [0.4, 0.5) is 5.69 Å². The molecule has 2 N–H and O–H groups in total. The van der Waals surface area contributed by atoms with E-state index in [-0.39, 0.29) is 6.04 Å². The summed E-state index contributed by atoms with van der Waals surface area (Å²) in [5.74, 6) is 0.790. The van der Waals surface area contributed by atoms with Gasteiger partial charge >= 0.3 is 0 Å². The number of nitrogens with zero attached hydrogens (tertiary/aromatic N) is 1. The molecular weight excluding hydrogens is 370 g/mol. The number of methoxy groups -OCH3 is 1. The molecule has 0 fully saturated rings. The van der Waals surface area contributed by atoms with Crippen LogP contribution in [0.25, 0.3) is 10.9 Å². The summed E-state index contributed by atoms with van der Waals surface area (Å²) in [5.41, 5.74) is 5.42. The molecule has 0 aliphatic rings.